The maximum atomic E-state index is 12.6. The number of ketones is 1. The van der Waals surface area contributed by atoms with Crippen molar-refractivity contribution in [1.29, 1.82) is 0 Å². The number of nitrogens with zero attached hydrogens (tertiary/aromatic N) is 1. The summed E-state index contributed by atoms with van der Waals surface area (Å²) in [5, 5.41) is 0.497. The Kier molecular flexibility index (Phi) is 3.88. The molecule has 3 rings (SSSR count). The van der Waals surface area contributed by atoms with Crippen LogP contribution in [0.4, 0.5) is 0 Å². The molecule has 22 heavy (non-hydrogen) atoms. The second-order valence-electron chi connectivity index (χ2n) is 6.28. The zero-order valence-electron chi connectivity index (χ0n) is 12.8. The van der Waals surface area contributed by atoms with E-state index in [-0.39, 0.29) is 17.7 Å². The Bertz CT molecular complexity index is 762. The molecule has 0 unspecified atom stereocenters. The molecular formula is C19H18ClNO. The first-order valence-corrected chi connectivity index (χ1v) is 7.79. The molecule has 0 spiro atoms. The molecule has 0 fully saturated rings. The summed E-state index contributed by atoms with van der Waals surface area (Å²) in [5.74, 6) is 0.0110. The Hall–Kier alpha value is -1.93. The summed E-state index contributed by atoms with van der Waals surface area (Å²) in [4.78, 5) is 17.4. The van der Waals surface area contributed by atoms with Crippen LogP contribution in [0.5, 0.6) is 0 Å². The first-order chi connectivity index (χ1) is 10.5. The van der Waals surface area contributed by atoms with Crippen LogP contribution in [0.2, 0.25) is 5.02 Å². The highest BCUT2D eigenvalue weighted by Crippen LogP contribution is 2.28. The van der Waals surface area contributed by atoms with Crippen LogP contribution in [0.15, 0.2) is 53.5 Å². The molecule has 3 heteroatoms. The van der Waals surface area contributed by atoms with Gasteiger partial charge in [0.2, 0.25) is 0 Å². The number of hydrogen-bond donors (Lipinski definition) is 0. The van der Waals surface area contributed by atoms with Gasteiger partial charge < -0.3 is 0 Å². The molecule has 0 radical (unpaired) electrons. The van der Waals surface area contributed by atoms with Crippen molar-refractivity contribution in [2.24, 2.45) is 4.99 Å². The smallest absolute Gasteiger partial charge is 0.170 e. The minimum atomic E-state index is -0.176. The zero-order valence-corrected chi connectivity index (χ0v) is 13.5. The molecule has 0 amide bonds. The summed E-state index contributed by atoms with van der Waals surface area (Å²) in [6, 6.07) is 15.4. The molecule has 0 bridgehead atoms. The molecule has 1 aliphatic heterocycles. The number of hydrogen-bond acceptors (Lipinski definition) is 2. The van der Waals surface area contributed by atoms with Crippen molar-refractivity contribution >= 4 is 23.1 Å². The molecule has 0 atom stereocenters. The Morgan fingerprint density at radius 2 is 1.82 bits per heavy atom. The average molecular weight is 312 g/mol. The minimum absolute atomic E-state index is 0.0110. The lowest BCUT2D eigenvalue weighted by molar-refractivity contribution is 0.100. The molecule has 1 heterocycles. The first-order valence-electron chi connectivity index (χ1n) is 7.41. The SMILES string of the molecule is CC1(C)Cc2ccccc2C(CC(=O)c2ccccc2Cl)=N1. The van der Waals surface area contributed by atoms with E-state index < -0.39 is 0 Å². The van der Waals surface area contributed by atoms with Crippen LogP contribution in [0.25, 0.3) is 0 Å². The fourth-order valence-corrected chi connectivity index (χ4v) is 3.20. The van der Waals surface area contributed by atoms with Gasteiger partial charge >= 0.3 is 0 Å². The van der Waals surface area contributed by atoms with E-state index in [1.54, 1.807) is 12.1 Å². The zero-order chi connectivity index (χ0) is 15.7. The van der Waals surface area contributed by atoms with Crippen LogP contribution in [0, 0.1) is 0 Å². The third-order valence-corrected chi connectivity index (χ3v) is 4.22. The second kappa shape index (κ2) is 5.69. The monoisotopic (exact) mass is 311 g/mol. The Morgan fingerprint density at radius 3 is 2.59 bits per heavy atom. The van der Waals surface area contributed by atoms with Crippen molar-refractivity contribution in [3.05, 3.63) is 70.2 Å². The van der Waals surface area contributed by atoms with Crippen LogP contribution < -0.4 is 0 Å². The summed E-state index contributed by atoms with van der Waals surface area (Å²) in [6.45, 7) is 4.20. The summed E-state index contributed by atoms with van der Waals surface area (Å²) >= 11 is 6.13. The molecule has 0 aromatic heterocycles. The van der Waals surface area contributed by atoms with Gasteiger partial charge in [-0.3, -0.25) is 9.79 Å². The van der Waals surface area contributed by atoms with Crippen molar-refractivity contribution in [3.63, 3.8) is 0 Å². The van der Waals surface area contributed by atoms with Gasteiger partial charge in [-0.1, -0.05) is 48.0 Å². The quantitative estimate of drug-likeness (QED) is 0.753. The Balaban J connectivity index is 1.95. The summed E-state index contributed by atoms with van der Waals surface area (Å²) in [7, 11) is 0. The lowest BCUT2D eigenvalue weighted by Crippen LogP contribution is -2.30. The van der Waals surface area contributed by atoms with E-state index in [0.717, 1.165) is 17.7 Å². The molecule has 2 nitrogen and oxygen atoms in total. The van der Waals surface area contributed by atoms with Crippen LogP contribution in [0.3, 0.4) is 0 Å². The second-order valence-corrected chi connectivity index (χ2v) is 6.69. The minimum Gasteiger partial charge on any atom is -0.294 e. The maximum Gasteiger partial charge on any atom is 0.170 e. The lowest BCUT2D eigenvalue weighted by Gasteiger charge is -2.29. The highest BCUT2D eigenvalue weighted by atomic mass is 35.5. The predicted octanol–water partition coefficient (Wildman–Crippen LogP) is 4.74. The standard InChI is InChI=1S/C19H18ClNO/c1-19(2)12-13-7-3-4-8-14(13)17(21-19)11-18(22)15-9-5-6-10-16(15)20/h3-10H,11-12H2,1-2H3. The number of carbonyl (C=O) groups excluding carboxylic acids is 1. The molecule has 0 saturated carbocycles. The van der Waals surface area contributed by atoms with Crippen LogP contribution >= 0.6 is 11.6 Å². The van der Waals surface area contributed by atoms with Gasteiger partial charge in [0.15, 0.2) is 5.78 Å². The fraction of sp³-hybridized carbons (Fsp3) is 0.263. The highest BCUT2D eigenvalue weighted by Gasteiger charge is 2.27. The van der Waals surface area contributed by atoms with Gasteiger partial charge in [-0.25, -0.2) is 0 Å². The van der Waals surface area contributed by atoms with Gasteiger partial charge in [0.05, 0.1) is 22.7 Å². The van der Waals surface area contributed by atoms with Crippen molar-refractivity contribution in [3.8, 4) is 0 Å². The number of Topliss-reactive ketones (excluding diaryl/α,β-unsaturated/α-hetero) is 1. The topological polar surface area (TPSA) is 29.4 Å². The van der Waals surface area contributed by atoms with Gasteiger partial charge in [-0.2, -0.15) is 0 Å². The molecule has 1 aliphatic rings. The predicted molar refractivity (Wildman–Crippen MR) is 91.2 cm³/mol. The van der Waals surface area contributed by atoms with Crippen LogP contribution in [-0.4, -0.2) is 17.0 Å². The normalized spacial score (nSPS) is 15.9. The molecular weight excluding hydrogens is 294 g/mol. The first kappa shape index (κ1) is 15.0. The highest BCUT2D eigenvalue weighted by molar-refractivity contribution is 6.34. The van der Waals surface area contributed by atoms with E-state index in [2.05, 4.69) is 19.9 Å². The van der Waals surface area contributed by atoms with Gasteiger partial charge in [0.25, 0.3) is 0 Å². The number of carbonyl (C=O) groups is 1. The largest absolute Gasteiger partial charge is 0.294 e. The van der Waals surface area contributed by atoms with Crippen molar-refractivity contribution in [2.75, 3.05) is 0 Å². The molecule has 112 valence electrons. The molecule has 0 saturated heterocycles. The van der Waals surface area contributed by atoms with Gasteiger partial charge in [0, 0.05) is 5.56 Å². The Morgan fingerprint density at radius 1 is 1.14 bits per heavy atom. The molecule has 0 aliphatic carbocycles. The summed E-state index contributed by atoms with van der Waals surface area (Å²) in [6.07, 6.45) is 1.18. The summed E-state index contributed by atoms with van der Waals surface area (Å²) in [5.41, 5.74) is 3.58. The number of fused-ring (bicyclic) bond motifs is 1. The third-order valence-electron chi connectivity index (χ3n) is 3.89. The van der Waals surface area contributed by atoms with Crippen molar-refractivity contribution in [2.45, 2.75) is 32.2 Å². The van der Waals surface area contributed by atoms with Crippen molar-refractivity contribution < 1.29 is 4.79 Å². The van der Waals surface area contributed by atoms with E-state index in [1.165, 1.54) is 5.56 Å². The van der Waals surface area contributed by atoms with E-state index >= 15 is 0 Å². The van der Waals surface area contributed by atoms with Crippen molar-refractivity contribution in [1.82, 2.24) is 0 Å². The number of rotatable bonds is 3. The fourth-order valence-electron chi connectivity index (χ4n) is 2.96. The van der Waals surface area contributed by atoms with E-state index in [0.29, 0.717) is 10.6 Å². The maximum absolute atomic E-state index is 12.6. The number of aliphatic imine (C=N–C) groups is 1. The third kappa shape index (κ3) is 2.97. The lowest BCUT2D eigenvalue weighted by atomic mass is 9.85. The van der Waals surface area contributed by atoms with E-state index in [1.807, 2.05) is 30.3 Å². The van der Waals surface area contributed by atoms with E-state index in [4.69, 9.17) is 16.6 Å². The number of benzene rings is 2. The Labute approximate surface area is 135 Å². The van der Waals surface area contributed by atoms with Gasteiger partial charge in [0.1, 0.15) is 0 Å². The molecule has 0 N–H and O–H groups in total. The molecule has 2 aromatic rings. The van der Waals surface area contributed by atoms with Gasteiger partial charge in [-0.05, 0) is 43.5 Å². The average Bonchev–Trinajstić information content (AvgIpc) is 2.46. The van der Waals surface area contributed by atoms with Crippen LogP contribution in [0.1, 0.15) is 41.8 Å². The van der Waals surface area contributed by atoms with E-state index in [9.17, 15) is 4.79 Å². The number of halogens is 1. The van der Waals surface area contributed by atoms with Crippen LogP contribution in [-0.2, 0) is 6.42 Å². The van der Waals surface area contributed by atoms with Gasteiger partial charge in [-0.15, -0.1) is 0 Å². The molecule has 2 aromatic carbocycles. The summed E-state index contributed by atoms with van der Waals surface area (Å²) < 4.78 is 0.